The molecule has 4 nitrogen and oxygen atoms in total. The van der Waals surface area contributed by atoms with Crippen molar-refractivity contribution >= 4 is 11.9 Å². The highest BCUT2D eigenvalue weighted by Gasteiger charge is 2.37. The number of nitrogens with zero attached hydrogens (tertiary/aromatic N) is 1. The molecule has 114 valence electrons. The number of rotatable bonds is 2. The van der Waals surface area contributed by atoms with E-state index in [1.807, 2.05) is 0 Å². The Morgan fingerprint density at radius 3 is 2.05 bits per heavy atom. The van der Waals surface area contributed by atoms with Gasteiger partial charge in [-0.1, -0.05) is 20.8 Å². The molecule has 1 heterocycles. The summed E-state index contributed by atoms with van der Waals surface area (Å²) in [6.07, 6.45) is 4.79. The molecule has 0 radical (unpaired) electrons. The van der Waals surface area contributed by atoms with Crippen LogP contribution in [-0.4, -0.2) is 35.0 Å². The minimum atomic E-state index is -0.767. The van der Waals surface area contributed by atoms with Crippen molar-refractivity contribution in [2.45, 2.75) is 52.9 Å². The fourth-order valence-corrected chi connectivity index (χ4v) is 3.63. The van der Waals surface area contributed by atoms with E-state index in [1.54, 1.807) is 4.90 Å². The second-order valence-electron chi connectivity index (χ2n) is 7.52. The molecule has 1 saturated heterocycles. The van der Waals surface area contributed by atoms with Gasteiger partial charge in [0.05, 0.1) is 5.92 Å². The lowest BCUT2D eigenvalue weighted by Crippen LogP contribution is -2.38. The molecule has 2 aliphatic rings. The largest absolute Gasteiger partial charge is 0.481 e. The van der Waals surface area contributed by atoms with E-state index in [4.69, 9.17) is 5.11 Å². The lowest BCUT2D eigenvalue weighted by molar-refractivity contribution is -0.141. The second-order valence-corrected chi connectivity index (χ2v) is 7.52. The number of hydrogen-bond donors (Lipinski definition) is 1. The molecule has 0 bridgehead atoms. The Morgan fingerprint density at radius 1 is 1.00 bits per heavy atom. The van der Waals surface area contributed by atoms with Crippen LogP contribution in [0.5, 0.6) is 0 Å². The summed E-state index contributed by atoms with van der Waals surface area (Å²) in [7, 11) is 0. The van der Waals surface area contributed by atoms with Gasteiger partial charge in [-0.15, -0.1) is 0 Å². The first-order chi connectivity index (χ1) is 9.29. The molecule has 0 aromatic rings. The minimum Gasteiger partial charge on any atom is -0.481 e. The molecule has 1 aliphatic carbocycles. The number of amides is 1. The molecule has 1 amide bonds. The zero-order valence-electron chi connectivity index (χ0n) is 12.9. The van der Waals surface area contributed by atoms with Crippen molar-refractivity contribution in [1.29, 1.82) is 0 Å². The smallest absolute Gasteiger partial charge is 0.308 e. The van der Waals surface area contributed by atoms with Gasteiger partial charge in [0.25, 0.3) is 0 Å². The van der Waals surface area contributed by atoms with E-state index in [0.717, 1.165) is 25.7 Å². The van der Waals surface area contributed by atoms with Crippen molar-refractivity contribution < 1.29 is 14.7 Å². The van der Waals surface area contributed by atoms with Gasteiger partial charge in [0.1, 0.15) is 0 Å². The van der Waals surface area contributed by atoms with Crippen molar-refractivity contribution in [2.75, 3.05) is 13.1 Å². The van der Waals surface area contributed by atoms with Crippen LogP contribution in [0.1, 0.15) is 52.9 Å². The first-order valence-corrected chi connectivity index (χ1v) is 7.80. The summed E-state index contributed by atoms with van der Waals surface area (Å²) in [6.45, 7) is 7.86. The first kappa shape index (κ1) is 15.3. The third kappa shape index (κ3) is 3.33. The molecule has 2 rings (SSSR count). The Bertz CT molecular complexity index is 378. The highest BCUT2D eigenvalue weighted by Crippen LogP contribution is 2.40. The molecule has 4 heteroatoms. The molecular formula is C16H27NO3. The van der Waals surface area contributed by atoms with Gasteiger partial charge in [-0.2, -0.15) is 0 Å². The number of carboxylic acids is 1. The quantitative estimate of drug-likeness (QED) is 0.846. The van der Waals surface area contributed by atoms with E-state index in [2.05, 4.69) is 20.8 Å². The maximum absolute atomic E-state index is 12.5. The second kappa shape index (κ2) is 5.74. The maximum Gasteiger partial charge on any atom is 0.308 e. The monoisotopic (exact) mass is 281 g/mol. The van der Waals surface area contributed by atoms with Crippen molar-refractivity contribution in [3.63, 3.8) is 0 Å². The van der Waals surface area contributed by atoms with Crippen LogP contribution in [0.4, 0.5) is 0 Å². The number of likely N-dealkylation sites (tertiary alicyclic amines) is 1. The predicted molar refractivity (Wildman–Crippen MR) is 77.2 cm³/mol. The fourth-order valence-electron chi connectivity index (χ4n) is 3.63. The van der Waals surface area contributed by atoms with E-state index >= 15 is 0 Å². The van der Waals surface area contributed by atoms with Crippen molar-refractivity contribution in [2.24, 2.45) is 23.2 Å². The van der Waals surface area contributed by atoms with Crippen LogP contribution in [0.25, 0.3) is 0 Å². The fraction of sp³-hybridized carbons (Fsp3) is 0.875. The number of carboxylic acid groups (broad SMARTS) is 1. The zero-order valence-corrected chi connectivity index (χ0v) is 12.9. The summed E-state index contributed by atoms with van der Waals surface area (Å²) >= 11 is 0. The van der Waals surface area contributed by atoms with E-state index in [0.29, 0.717) is 30.8 Å². The van der Waals surface area contributed by atoms with E-state index in [-0.39, 0.29) is 17.7 Å². The standard InChI is InChI=1S/C16H27NO3/c1-16(2,3)13-6-4-11(5-7-13)14(18)17-9-8-12(10-17)15(19)20/h11-13H,4-10H2,1-3H3,(H,19,20). The van der Waals surface area contributed by atoms with E-state index < -0.39 is 5.97 Å². The van der Waals surface area contributed by atoms with Crippen LogP contribution in [0.2, 0.25) is 0 Å². The average molecular weight is 281 g/mol. The zero-order chi connectivity index (χ0) is 14.9. The van der Waals surface area contributed by atoms with Crippen molar-refractivity contribution in [3.8, 4) is 0 Å². The van der Waals surface area contributed by atoms with Gasteiger partial charge in [-0.05, 0) is 43.4 Å². The Hall–Kier alpha value is -1.06. The summed E-state index contributed by atoms with van der Waals surface area (Å²) in [5, 5.41) is 9.01. The molecule has 1 saturated carbocycles. The topological polar surface area (TPSA) is 57.6 Å². The van der Waals surface area contributed by atoms with Gasteiger partial charge in [0, 0.05) is 19.0 Å². The minimum absolute atomic E-state index is 0.126. The predicted octanol–water partition coefficient (Wildman–Crippen LogP) is 2.77. The molecule has 1 unspecified atom stereocenters. The number of aliphatic carboxylic acids is 1. The third-order valence-electron chi connectivity index (χ3n) is 5.15. The van der Waals surface area contributed by atoms with Crippen molar-refractivity contribution in [1.82, 2.24) is 4.90 Å². The first-order valence-electron chi connectivity index (χ1n) is 7.80. The van der Waals surface area contributed by atoms with Crippen molar-refractivity contribution in [3.05, 3.63) is 0 Å². The molecule has 0 aromatic carbocycles. The summed E-state index contributed by atoms with van der Waals surface area (Å²) in [6, 6.07) is 0. The van der Waals surface area contributed by atoms with Gasteiger partial charge >= 0.3 is 5.97 Å². The van der Waals surface area contributed by atoms with E-state index in [9.17, 15) is 9.59 Å². The van der Waals surface area contributed by atoms with Crippen LogP contribution in [0, 0.1) is 23.2 Å². The van der Waals surface area contributed by atoms with Crippen LogP contribution in [0.15, 0.2) is 0 Å². The van der Waals surface area contributed by atoms with Gasteiger partial charge in [0.15, 0.2) is 0 Å². The van der Waals surface area contributed by atoms with Gasteiger partial charge in [0.2, 0.25) is 5.91 Å². The lowest BCUT2D eigenvalue weighted by Gasteiger charge is -2.37. The van der Waals surface area contributed by atoms with Crippen LogP contribution < -0.4 is 0 Å². The molecule has 1 aliphatic heterocycles. The maximum atomic E-state index is 12.5. The number of carbonyl (C=O) groups excluding carboxylic acids is 1. The summed E-state index contributed by atoms with van der Waals surface area (Å²) < 4.78 is 0. The summed E-state index contributed by atoms with van der Waals surface area (Å²) in [5.74, 6) is -0.0965. The SMILES string of the molecule is CC(C)(C)C1CCC(C(=O)N2CCC(C(=O)O)C2)CC1. The van der Waals surface area contributed by atoms with E-state index in [1.165, 1.54) is 0 Å². The van der Waals surface area contributed by atoms with Crippen LogP contribution in [-0.2, 0) is 9.59 Å². The van der Waals surface area contributed by atoms with Gasteiger partial charge in [-0.25, -0.2) is 0 Å². The average Bonchev–Trinajstić information content (AvgIpc) is 2.86. The molecular weight excluding hydrogens is 254 g/mol. The number of carbonyl (C=O) groups is 2. The Labute approximate surface area is 121 Å². The van der Waals surface area contributed by atoms with Gasteiger partial charge < -0.3 is 10.0 Å². The lowest BCUT2D eigenvalue weighted by atomic mass is 9.69. The Morgan fingerprint density at radius 2 is 1.60 bits per heavy atom. The Balaban J connectivity index is 1.85. The van der Waals surface area contributed by atoms with Crippen LogP contribution >= 0.6 is 0 Å². The normalized spacial score (nSPS) is 31.4. The number of hydrogen-bond acceptors (Lipinski definition) is 2. The molecule has 2 fully saturated rings. The molecule has 0 aromatic heterocycles. The third-order valence-corrected chi connectivity index (χ3v) is 5.15. The Kier molecular flexibility index (Phi) is 4.40. The summed E-state index contributed by atoms with van der Waals surface area (Å²) in [5.41, 5.74) is 0.329. The van der Waals surface area contributed by atoms with Crippen LogP contribution in [0.3, 0.4) is 0 Å². The highest BCUT2D eigenvalue weighted by atomic mass is 16.4. The molecule has 20 heavy (non-hydrogen) atoms. The van der Waals surface area contributed by atoms with Gasteiger partial charge in [-0.3, -0.25) is 9.59 Å². The molecule has 1 atom stereocenters. The molecule has 1 N–H and O–H groups in total. The summed E-state index contributed by atoms with van der Waals surface area (Å²) in [4.78, 5) is 25.2. The molecule has 0 spiro atoms. The highest BCUT2D eigenvalue weighted by molar-refractivity contribution is 5.80.